The van der Waals surface area contributed by atoms with Crippen LogP contribution in [0, 0.1) is 0 Å². The van der Waals surface area contributed by atoms with Gasteiger partial charge in [0.1, 0.15) is 18.4 Å². The Morgan fingerprint density at radius 3 is 2.19 bits per heavy atom. The molecule has 13 heteroatoms. The summed E-state index contributed by atoms with van der Waals surface area (Å²) < 4.78 is 16.3. The third-order valence-electron chi connectivity index (χ3n) is 10.8. The van der Waals surface area contributed by atoms with Gasteiger partial charge in [0.15, 0.2) is 0 Å². The quantitative estimate of drug-likeness (QED) is 0.139. The van der Waals surface area contributed by atoms with Crippen LogP contribution in [0.4, 0.5) is 16.2 Å². The lowest BCUT2D eigenvalue weighted by Crippen LogP contribution is -2.56. The van der Waals surface area contributed by atoms with Gasteiger partial charge in [-0.2, -0.15) is 0 Å². The number of anilines is 2. The number of fused-ring (bicyclic) bond motifs is 5. The molecule has 0 bridgehead atoms. The third kappa shape index (κ3) is 7.81. The van der Waals surface area contributed by atoms with E-state index in [-0.39, 0.29) is 44.1 Å². The number of carbonyl (C=O) groups excluding carboxylic acids is 5. The molecule has 0 saturated heterocycles. The zero-order chi connectivity index (χ0) is 40.9. The molecule has 7 rings (SSSR count). The van der Waals surface area contributed by atoms with Gasteiger partial charge < -0.3 is 40.0 Å². The number of ether oxygens (including phenoxy) is 3. The molecule has 0 saturated carbocycles. The Kier molecular flexibility index (Phi) is 11.7. The summed E-state index contributed by atoms with van der Waals surface area (Å²) in [5.74, 6) is -1.41. The molecule has 0 unspecified atom stereocenters. The fourth-order valence-electron chi connectivity index (χ4n) is 7.71. The number of esters is 1. The minimum Gasteiger partial charge on any atom is -0.497 e. The van der Waals surface area contributed by atoms with Gasteiger partial charge in [0.05, 0.1) is 50.3 Å². The summed E-state index contributed by atoms with van der Waals surface area (Å²) in [5, 5.41) is 9.90. The lowest BCUT2D eigenvalue weighted by Gasteiger charge is -2.27. The van der Waals surface area contributed by atoms with Gasteiger partial charge in [0.25, 0.3) is 5.91 Å². The summed E-state index contributed by atoms with van der Waals surface area (Å²) in [6, 6.07) is 30.1. The minimum atomic E-state index is -1.17. The van der Waals surface area contributed by atoms with Crippen molar-refractivity contribution in [1.29, 1.82) is 0 Å². The second-order valence-corrected chi connectivity index (χ2v) is 14.2. The molecule has 5 aromatic rings. The summed E-state index contributed by atoms with van der Waals surface area (Å²) in [7, 11) is 4.48. The second-order valence-electron chi connectivity index (χ2n) is 14.2. The smallest absolute Gasteiger partial charge is 0.407 e. The Morgan fingerprint density at radius 2 is 1.52 bits per heavy atom. The van der Waals surface area contributed by atoms with Gasteiger partial charge >= 0.3 is 12.1 Å². The number of hydrogen-bond acceptors (Lipinski definition) is 9. The first-order valence-corrected chi connectivity index (χ1v) is 19.1. The number of hydrogen-bond donors (Lipinski definition) is 3. The summed E-state index contributed by atoms with van der Waals surface area (Å²) in [6.45, 7) is 1.47. The summed E-state index contributed by atoms with van der Waals surface area (Å²) in [6.07, 6.45) is -0.787. The Hall–Kier alpha value is -6.73. The normalized spacial score (nSPS) is 15.1. The van der Waals surface area contributed by atoms with Crippen molar-refractivity contribution in [2.45, 2.75) is 37.9 Å². The molecule has 1 heterocycles. The van der Waals surface area contributed by atoms with Crippen molar-refractivity contribution in [1.82, 2.24) is 16.0 Å². The molecule has 58 heavy (non-hydrogen) atoms. The van der Waals surface area contributed by atoms with Crippen molar-refractivity contribution in [2.24, 2.45) is 0 Å². The van der Waals surface area contributed by atoms with Crippen molar-refractivity contribution in [3.63, 3.8) is 0 Å². The van der Waals surface area contributed by atoms with Crippen molar-refractivity contribution in [2.75, 3.05) is 50.8 Å². The number of para-hydroxylation sites is 2. The SMILES string of the molecule is CN[C@@H](C)C(=O)N[C@H]1CN(C(=O)CCNC(=O)OCC2c3ccccc3-c3ccccc32)c2ccccc2N(Cc2c(C(=O)OC)ccc3cc(OC)ccc23)C1=O. The number of nitrogens with zero attached hydrogens (tertiary/aromatic N) is 2. The Bertz CT molecular complexity index is 2350. The van der Waals surface area contributed by atoms with Crippen molar-refractivity contribution in [3.8, 4) is 16.9 Å². The molecular formula is C45H45N5O8. The van der Waals surface area contributed by atoms with E-state index in [1.807, 2.05) is 48.5 Å². The highest BCUT2D eigenvalue weighted by atomic mass is 16.5. The lowest BCUT2D eigenvalue weighted by molar-refractivity contribution is -0.128. The molecule has 2 atom stereocenters. The number of benzene rings is 5. The maximum atomic E-state index is 14.7. The largest absolute Gasteiger partial charge is 0.497 e. The fraction of sp³-hybridized carbons (Fsp3) is 0.267. The molecule has 4 amide bonds. The number of nitrogens with one attached hydrogen (secondary N) is 3. The van der Waals surface area contributed by atoms with E-state index >= 15 is 0 Å². The Labute approximate surface area is 336 Å². The zero-order valence-corrected chi connectivity index (χ0v) is 32.7. The van der Waals surface area contributed by atoms with E-state index in [2.05, 4.69) is 28.1 Å². The molecule has 5 aromatic carbocycles. The number of rotatable bonds is 12. The highest BCUT2D eigenvalue weighted by Crippen LogP contribution is 2.44. The van der Waals surface area contributed by atoms with E-state index in [0.29, 0.717) is 28.1 Å². The van der Waals surface area contributed by atoms with Gasteiger partial charge in [0, 0.05) is 18.9 Å². The minimum absolute atomic E-state index is 0.0401. The van der Waals surface area contributed by atoms with Gasteiger partial charge in [-0.25, -0.2) is 9.59 Å². The predicted molar refractivity (Wildman–Crippen MR) is 220 cm³/mol. The van der Waals surface area contributed by atoms with E-state index in [0.717, 1.165) is 27.6 Å². The van der Waals surface area contributed by atoms with Crippen LogP contribution in [-0.2, 0) is 30.4 Å². The molecule has 298 valence electrons. The molecule has 0 radical (unpaired) electrons. The van der Waals surface area contributed by atoms with Crippen LogP contribution in [0.25, 0.3) is 21.9 Å². The molecule has 13 nitrogen and oxygen atoms in total. The molecule has 1 aliphatic carbocycles. The van der Waals surface area contributed by atoms with Gasteiger partial charge in [-0.15, -0.1) is 0 Å². The average molecular weight is 784 g/mol. The monoisotopic (exact) mass is 783 g/mol. The topological polar surface area (TPSA) is 156 Å². The first kappa shape index (κ1) is 39.5. The molecular weight excluding hydrogens is 739 g/mol. The van der Waals surface area contributed by atoms with Crippen LogP contribution in [0.2, 0.25) is 0 Å². The maximum absolute atomic E-state index is 14.7. The summed E-state index contributed by atoms with van der Waals surface area (Å²) in [4.78, 5) is 71.2. The van der Waals surface area contributed by atoms with Gasteiger partial charge in [-0.05, 0) is 82.9 Å². The zero-order valence-electron chi connectivity index (χ0n) is 32.7. The van der Waals surface area contributed by atoms with Crippen LogP contribution in [0.15, 0.2) is 103 Å². The van der Waals surface area contributed by atoms with Crippen LogP contribution < -0.4 is 30.5 Å². The van der Waals surface area contributed by atoms with Crippen LogP contribution in [0.3, 0.4) is 0 Å². The second kappa shape index (κ2) is 17.2. The van der Waals surface area contributed by atoms with E-state index in [1.165, 1.54) is 16.9 Å². The Morgan fingerprint density at radius 1 is 0.845 bits per heavy atom. The van der Waals surface area contributed by atoms with Crippen molar-refractivity contribution >= 4 is 51.9 Å². The number of likely N-dealkylation sites (N-methyl/N-ethyl adjacent to an activating group) is 1. The molecule has 2 aliphatic rings. The number of carbonyl (C=O) groups is 5. The van der Waals surface area contributed by atoms with E-state index < -0.39 is 41.9 Å². The highest BCUT2D eigenvalue weighted by Gasteiger charge is 2.38. The number of alkyl carbamates (subject to hydrolysis) is 1. The van der Waals surface area contributed by atoms with Crippen molar-refractivity contribution < 1.29 is 38.2 Å². The molecule has 0 aromatic heterocycles. The fourth-order valence-corrected chi connectivity index (χ4v) is 7.71. The van der Waals surface area contributed by atoms with Gasteiger partial charge in [-0.1, -0.05) is 72.8 Å². The van der Waals surface area contributed by atoms with Crippen molar-refractivity contribution in [3.05, 3.63) is 125 Å². The molecule has 0 fully saturated rings. The van der Waals surface area contributed by atoms with Gasteiger partial charge in [0.2, 0.25) is 11.8 Å². The average Bonchev–Trinajstić information content (AvgIpc) is 3.52. The molecule has 3 N–H and O–H groups in total. The van der Waals surface area contributed by atoms with E-state index in [1.54, 1.807) is 63.5 Å². The summed E-state index contributed by atoms with van der Waals surface area (Å²) in [5.41, 5.74) is 5.98. The van der Waals surface area contributed by atoms with Crippen LogP contribution in [-0.4, -0.2) is 82.8 Å². The summed E-state index contributed by atoms with van der Waals surface area (Å²) >= 11 is 0. The number of methoxy groups -OCH3 is 2. The Balaban J connectivity index is 1.13. The first-order chi connectivity index (χ1) is 28.1. The third-order valence-corrected chi connectivity index (χ3v) is 10.8. The molecule has 0 spiro atoms. The lowest BCUT2D eigenvalue weighted by atomic mass is 9.97. The van der Waals surface area contributed by atoms with Crippen LogP contribution >= 0.6 is 0 Å². The maximum Gasteiger partial charge on any atom is 0.407 e. The van der Waals surface area contributed by atoms with E-state index in [4.69, 9.17) is 14.2 Å². The number of amides is 4. The van der Waals surface area contributed by atoms with Crippen LogP contribution in [0.5, 0.6) is 5.75 Å². The molecule has 1 aliphatic heterocycles. The standard InChI is InChI=1S/C45H45N5O8/c1-27(46-2)42(52)48-38-25-49(41(51)21-22-47-45(55)58-26-37-33-13-7-5-11-31(33)32-12-6-8-14-34(32)37)39-15-9-10-16-40(39)50(43(38)53)24-36-30-20-18-29(56-3)23-28(30)17-19-35(36)44(54)57-4/h5-20,23,27,37-38,46H,21-22,24-26H2,1-4H3,(H,47,55)(H,48,52)/t27-,38-/m0/s1. The van der Waals surface area contributed by atoms with E-state index in [9.17, 15) is 24.0 Å². The highest BCUT2D eigenvalue weighted by molar-refractivity contribution is 6.09. The predicted octanol–water partition coefficient (Wildman–Crippen LogP) is 5.54. The first-order valence-electron chi connectivity index (χ1n) is 19.1. The van der Waals surface area contributed by atoms with Gasteiger partial charge in [-0.3, -0.25) is 14.4 Å². The van der Waals surface area contributed by atoms with Crippen LogP contribution in [0.1, 0.15) is 46.3 Å².